The van der Waals surface area contributed by atoms with E-state index in [1.807, 2.05) is 0 Å². The van der Waals surface area contributed by atoms with Gasteiger partial charge in [0.25, 0.3) is 0 Å². The number of benzene rings is 1. The van der Waals surface area contributed by atoms with Gasteiger partial charge in [-0.2, -0.15) is 0 Å². The molecule has 0 bridgehead atoms. The van der Waals surface area contributed by atoms with Crippen molar-refractivity contribution in [3.8, 4) is 0 Å². The summed E-state index contributed by atoms with van der Waals surface area (Å²) in [4.78, 5) is 0. The maximum atomic E-state index is 9.89. The number of hydrogen-bond donors (Lipinski definition) is 2. The van der Waals surface area contributed by atoms with E-state index in [0.717, 1.165) is 4.47 Å². The molecular weight excluding hydrogens is 266 g/mol. The largest absolute Gasteiger partial charge is 0.391 e. The van der Waals surface area contributed by atoms with E-state index in [2.05, 4.69) is 46.4 Å². The molecule has 1 aliphatic rings. The van der Waals surface area contributed by atoms with Crippen molar-refractivity contribution in [2.24, 2.45) is 0 Å². The second-order valence-corrected chi connectivity index (χ2v) is 5.49. The van der Waals surface area contributed by atoms with E-state index in [1.165, 1.54) is 24.0 Å². The summed E-state index contributed by atoms with van der Waals surface area (Å²) in [5, 5.41) is 13.2. The zero-order valence-corrected chi connectivity index (χ0v) is 11.1. The fraction of sp³-hybridized carbons (Fsp3) is 0.538. The van der Waals surface area contributed by atoms with E-state index in [9.17, 15) is 5.11 Å². The second kappa shape index (κ2) is 5.30. The summed E-state index contributed by atoms with van der Waals surface area (Å²) < 4.78 is 1.10. The van der Waals surface area contributed by atoms with Crippen molar-refractivity contribution in [3.05, 3.63) is 33.8 Å². The van der Waals surface area contributed by atoms with Crippen LogP contribution in [0, 0.1) is 6.92 Å². The van der Waals surface area contributed by atoms with Crippen LogP contribution in [0.25, 0.3) is 0 Å². The van der Waals surface area contributed by atoms with Crippen LogP contribution < -0.4 is 5.32 Å². The highest BCUT2D eigenvalue weighted by Gasteiger charge is 2.21. The molecule has 0 saturated heterocycles. The molecule has 2 N–H and O–H groups in total. The summed E-state index contributed by atoms with van der Waals surface area (Å²) >= 11 is 3.54. The van der Waals surface area contributed by atoms with Crippen molar-refractivity contribution in [2.45, 2.75) is 38.3 Å². The first kappa shape index (κ1) is 12.1. The third-order valence-corrected chi connectivity index (χ3v) is 3.62. The molecule has 0 heterocycles. The Hall–Kier alpha value is -0.380. The van der Waals surface area contributed by atoms with E-state index in [1.54, 1.807) is 0 Å². The summed E-state index contributed by atoms with van der Waals surface area (Å²) in [6.07, 6.45) is 2.95. The lowest BCUT2D eigenvalue weighted by atomic mass is 10.1. The van der Waals surface area contributed by atoms with Gasteiger partial charge in [0.05, 0.1) is 6.10 Å². The summed E-state index contributed by atoms with van der Waals surface area (Å²) in [6.45, 7) is 2.77. The molecule has 1 unspecified atom stereocenters. The minimum atomic E-state index is -0.292. The first-order chi connectivity index (χ1) is 7.65. The molecule has 0 radical (unpaired) electrons. The second-order valence-electron chi connectivity index (χ2n) is 4.64. The van der Waals surface area contributed by atoms with Crippen LogP contribution in [0.15, 0.2) is 22.7 Å². The van der Waals surface area contributed by atoms with Crippen LogP contribution >= 0.6 is 15.9 Å². The molecule has 1 aliphatic carbocycles. The average molecular weight is 284 g/mol. The first-order valence-corrected chi connectivity index (χ1v) is 6.61. The topological polar surface area (TPSA) is 32.3 Å². The maximum absolute atomic E-state index is 9.89. The Labute approximate surface area is 105 Å². The molecule has 0 aromatic heterocycles. The lowest BCUT2D eigenvalue weighted by Gasteiger charge is -2.13. The van der Waals surface area contributed by atoms with Crippen molar-refractivity contribution in [1.29, 1.82) is 0 Å². The monoisotopic (exact) mass is 283 g/mol. The van der Waals surface area contributed by atoms with Gasteiger partial charge in [-0.05, 0) is 37.0 Å². The summed E-state index contributed by atoms with van der Waals surface area (Å²) in [6, 6.07) is 6.92. The Kier molecular flexibility index (Phi) is 4.00. The molecule has 1 atom stereocenters. The summed E-state index contributed by atoms with van der Waals surface area (Å²) in [7, 11) is 0. The molecule has 0 amide bonds. The SMILES string of the molecule is Cc1ccc(CC(O)CNC2CC2)c(Br)c1. The fourth-order valence-corrected chi connectivity index (χ4v) is 2.39. The molecule has 1 fully saturated rings. The average Bonchev–Trinajstić information content (AvgIpc) is 3.03. The molecule has 1 aromatic carbocycles. The van der Waals surface area contributed by atoms with Gasteiger partial charge >= 0.3 is 0 Å². The number of aliphatic hydroxyl groups is 1. The Morgan fingerprint density at radius 3 is 2.88 bits per heavy atom. The van der Waals surface area contributed by atoms with E-state index in [-0.39, 0.29) is 6.10 Å². The zero-order chi connectivity index (χ0) is 11.5. The number of rotatable bonds is 5. The van der Waals surface area contributed by atoms with Crippen LogP contribution in [0.5, 0.6) is 0 Å². The molecule has 0 spiro atoms. The fourth-order valence-electron chi connectivity index (χ4n) is 1.73. The third kappa shape index (κ3) is 3.58. The summed E-state index contributed by atoms with van der Waals surface area (Å²) in [5.41, 5.74) is 2.41. The van der Waals surface area contributed by atoms with Crippen molar-refractivity contribution in [2.75, 3.05) is 6.54 Å². The molecule has 1 saturated carbocycles. The van der Waals surface area contributed by atoms with Crippen molar-refractivity contribution in [1.82, 2.24) is 5.32 Å². The van der Waals surface area contributed by atoms with Crippen LogP contribution in [0.2, 0.25) is 0 Å². The van der Waals surface area contributed by atoms with Gasteiger partial charge in [-0.3, -0.25) is 0 Å². The van der Waals surface area contributed by atoms with Crippen LogP contribution in [0.4, 0.5) is 0 Å². The Bertz CT molecular complexity index is 363. The van der Waals surface area contributed by atoms with Gasteiger partial charge in [-0.15, -0.1) is 0 Å². The van der Waals surface area contributed by atoms with E-state index in [0.29, 0.717) is 19.0 Å². The highest BCUT2D eigenvalue weighted by molar-refractivity contribution is 9.10. The number of hydrogen-bond acceptors (Lipinski definition) is 2. The molecule has 88 valence electrons. The lowest BCUT2D eigenvalue weighted by Crippen LogP contribution is -2.29. The Balaban J connectivity index is 1.86. The van der Waals surface area contributed by atoms with Gasteiger partial charge in [0.2, 0.25) is 0 Å². The number of aliphatic hydroxyl groups excluding tert-OH is 1. The Morgan fingerprint density at radius 2 is 2.25 bits per heavy atom. The quantitative estimate of drug-likeness (QED) is 0.870. The van der Waals surface area contributed by atoms with Gasteiger partial charge in [0.1, 0.15) is 0 Å². The highest BCUT2D eigenvalue weighted by atomic mass is 79.9. The smallest absolute Gasteiger partial charge is 0.0705 e. The summed E-state index contributed by atoms with van der Waals surface area (Å²) in [5.74, 6) is 0. The van der Waals surface area contributed by atoms with Crippen molar-refractivity contribution in [3.63, 3.8) is 0 Å². The van der Waals surface area contributed by atoms with Crippen LogP contribution in [-0.2, 0) is 6.42 Å². The molecule has 2 rings (SSSR count). The third-order valence-electron chi connectivity index (χ3n) is 2.88. The van der Waals surface area contributed by atoms with E-state index < -0.39 is 0 Å². The van der Waals surface area contributed by atoms with Crippen molar-refractivity contribution >= 4 is 15.9 Å². The van der Waals surface area contributed by atoms with E-state index in [4.69, 9.17) is 0 Å². The van der Waals surface area contributed by atoms with Gasteiger partial charge in [0, 0.05) is 23.5 Å². The van der Waals surface area contributed by atoms with Crippen LogP contribution in [-0.4, -0.2) is 23.8 Å². The highest BCUT2D eigenvalue weighted by Crippen LogP contribution is 2.21. The minimum absolute atomic E-state index is 0.292. The molecule has 3 heteroatoms. The van der Waals surface area contributed by atoms with Gasteiger partial charge < -0.3 is 10.4 Å². The first-order valence-electron chi connectivity index (χ1n) is 5.81. The molecule has 2 nitrogen and oxygen atoms in total. The van der Waals surface area contributed by atoms with Crippen LogP contribution in [0.1, 0.15) is 24.0 Å². The predicted octanol–water partition coefficient (Wildman–Crippen LogP) is 2.41. The molecule has 16 heavy (non-hydrogen) atoms. The predicted molar refractivity (Wildman–Crippen MR) is 69.6 cm³/mol. The lowest BCUT2D eigenvalue weighted by molar-refractivity contribution is 0.171. The standard InChI is InChI=1S/C13H18BrNO/c1-9-2-3-10(13(14)6-9)7-12(16)8-15-11-4-5-11/h2-3,6,11-12,15-16H,4-5,7-8H2,1H3. The normalized spacial score (nSPS) is 17.4. The van der Waals surface area contributed by atoms with Gasteiger partial charge in [0.15, 0.2) is 0 Å². The number of nitrogens with one attached hydrogen (secondary N) is 1. The maximum Gasteiger partial charge on any atom is 0.0705 e. The van der Waals surface area contributed by atoms with Gasteiger partial charge in [-0.1, -0.05) is 28.1 Å². The van der Waals surface area contributed by atoms with Crippen LogP contribution in [0.3, 0.4) is 0 Å². The van der Waals surface area contributed by atoms with Gasteiger partial charge in [-0.25, -0.2) is 0 Å². The number of halogens is 1. The number of aryl methyl sites for hydroxylation is 1. The minimum Gasteiger partial charge on any atom is -0.391 e. The van der Waals surface area contributed by atoms with E-state index >= 15 is 0 Å². The Morgan fingerprint density at radius 1 is 1.50 bits per heavy atom. The molecule has 1 aromatic rings. The molecule has 0 aliphatic heterocycles. The van der Waals surface area contributed by atoms with Crippen molar-refractivity contribution < 1.29 is 5.11 Å². The molecular formula is C13H18BrNO. The zero-order valence-electron chi connectivity index (χ0n) is 9.54.